The van der Waals surface area contributed by atoms with Gasteiger partial charge in [-0.15, -0.1) is 0 Å². The average molecular weight is 247 g/mol. The molecule has 2 aromatic rings. The van der Waals surface area contributed by atoms with Gasteiger partial charge in [0, 0.05) is 5.69 Å². The molecule has 4 heteroatoms. The number of benzene rings is 1. The molecule has 0 spiro atoms. The highest BCUT2D eigenvalue weighted by atomic mass is 19.1. The van der Waals surface area contributed by atoms with Crippen LogP contribution in [0, 0.1) is 19.7 Å². The predicted molar refractivity (Wildman–Crippen MR) is 69.7 cm³/mol. The fourth-order valence-electron chi connectivity index (χ4n) is 2.17. The van der Waals surface area contributed by atoms with Crippen molar-refractivity contribution >= 4 is 0 Å². The molecular weight excluding hydrogens is 229 g/mol. The summed E-state index contributed by atoms with van der Waals surface area (Å²) >= 11 is 0. The molecule has 2 atom stereocenters. The van der Waals surface area contributed by atoms with Gasteiger partial charge in [0.05, 0.1) is 17.8 Å². The molecule has 1 heterocycles. The molecule has 2 rings (SSSR count). The number of nitrogens with zero attached hydrogens (tertiary/aromatic N) is 2. The molecule has 2 N–H and O–H groups in total. The van der Waals surface area contributed by atoms with Gasteiger partial charge in [0.25, 0.3) is 0 Å². The van der Waals surface area contributed by atoms with E-state index in [1.165, 1.54) is 12.1 Å². The van der Waals surface area contributed by atoms with E-state index in [0.29, 0.717) is 0 Å². The van der Waals surface area contributed by atoms with Gasteiger partial charge in [-0.25, -0.2) is 4.39 Å². The van der Waals surface area contributed by atoms with Crippen LogP contribution in [0.25, 0.3) is 0 Å². The quantitative estimate of drug-likeness (QED) is 0.906. The molecule has 2 unspecified atom stereocenters. The summed E-state index contributed by atoms with van der Waals surface area (Å²) in [6, 6.07) is 8.16. The smallest absolute Gasteiger partial charge is 0.123 e. The van der Waals surface area contributed by atoms with Crippen LogP contribution in [0.3, 0.4) is 0 Å². The van der Waals surface area contributed by atoms with Gasteiger partial charge in [-0.2, -0.15) is 5.10 Å². The first kappa shape index (κ1) is 12.8. The molecule has 1 aromatic heterocycles. The van der Waals surface area contributed by atoms with Crippen LogP contribution in [-0.4, -0.2) is 9.78 Å². The zero-order valence-corrected chi connectivity index (χ0v) is 10.9. The SMILES string of the molecule is Cc1cc(C)n(C(C)C(N)c2ccc(F)cc2)n1. The molecule has 0 aliphatic carbocycles. The molecule has 0 aliphatic rings. The molecule has 0 saturated carbocycles. The summed E-state index contributed by atoms with van der Waals surface area (Å²) in [6.45, 7) is 5.99. The lowest BCUT2D eigenvalue weighted by Gasteiger charge is -2.22. The summed E-state index contributed by atoms with van der Waals surface area (Å²) in [6.07, 6.45) is 0. The molecule has 18 heavy (non-hydrogen) atoms. The molecule has 1 aromatic carbocycles. The second kappa shape index (κ2) is 4.90. The Kier molecular flexibility index (Phi) is 3.48. The number of hydrogen-bond donors (Lipinski definition) is 1. The zero-order chi connectivity index (χ0) is 13.3. The van der Waals surface area contributed by atoms with E-state index in [1.807, 2.05) is 31.5 Å². The first-order chi connectivity index (χ1) is 8.49. The minimum absolute atomic E-state index is 0.0316. The first-order valence-corrected chi connectivity index (χ1v) is 6.03. The van der Waals surface area contributed by atoms with Gasteiger partial charge in [0.1, 0.15) is 5.82 Å². The second-order valence-electron chi connectivity index (χ2n) is 4.69. The summed E-state index contributed by atoms with van der Waals surface area (Å²) in [5, 5.41) is 4.44. The van der Waals surface area contributed by atoms with Crippen molar-refractivity contribution in [2.75, 3.05) is 0 Å². The fourth-order valence-corrected chi connectivity index (χ4v) is 2.17. The third kappa shape index (κ3) is 2.43. The highest BCUT2D eigenvalue weighted by molar-refractivity contribution is 5.21. The molecule has 0 amide bonds. The van der Waals surface area contributed by atoms with Crippen LogP contribution in [-0.2, 0) is 0 Å². The Morgan fingerprint density at radius 1 is 1.22 bits per heavy atom. The van der Waals surface area contributed by atoms with Crippen molar-refractivity contribution in [2.24, 2.45) is 5.73 Å². The summed E-state index contributed by atoms with van der Waals surface area (Å²) in [5.41, 5.74) is 9.19. The van der Waals surface area contributed by atoms with E-state index in [1.54, 1.807) is 12.1 Å². The van der Waals surface area contributed by atoms with E-state index < -0.39 is 0 Å². The van der Waals surface area contributed by atoms with Gasteiger partial charge in [-0.1, -0.05) is 12.1 Å². The van der Waals surface area contributed by atoms with E-state index in [9.17, 15) is 4.39 Å². The maximum absolute atomic E-state index is 12.9. The van der Waals surface area contributed by atoms with Crippen LogP contribution in [0.2, 0.25) is 0 Å². The third-order valence-corrected chi connectivity index (χ3v) is 3.21. The fraction of sp³-hybridized carbons (Fsp3) is 0.357. The Morgan fingerprint density at radius 3 is 2.33 bits per heavy atom. The lowest BCUT2D eigenvalue weighted by atomic mass is 10.0. The van der Waals surface area contributed by atoms with E-state index >= 15 is 0 Å². The number of rotatable bonds is 3. The lowest BCUT2D eigenvalue weighted by molar-refractivity contribution is 0.405. The Labute approximate surface area is 106 Å². The van der Waals surface area contributed by atoms with E-state index in [4.69, 9.17) is 5.73 Å². The van der Waals surface area contributed by atoms with E-state index in [2.05, 4.69) is 5.10 Å². The Balaban J connectivity index is 2.25. The summed E-state index contributed by atoms with van der Waals surface area (Å²) in [5.74, 6) is -0.246. The highest BCUT2D eigenvalue weighted by Crippen LogP contribution is 2.24. The number of aryl methyl sites for hydroxylation is 2. The zero-order valence-electron chi connectivity index (χ0n) is 10.9. The number of aromatic nitrogens is 2. The molecule has 0 bridgehead atoms. The van der Waals surface area contributed by atoms with Crippen LogP contribution in [0.15, 0.2) is 30.3 Å². The summed E-state index contributed by atoms with van der Waals surface area (Å²) in [4.78, 5) is 0. The van der Waals surface area contributed by atoms with Crippen LogP contribution in [0.4, 0.5) is 4.39 Å². The van der Waals surface area contributed by atoms with Crippen molar-refractivity contribution in [3.8, 4) is 0 Å². The third-order valence-electron chi connectivity index (χ3n) is 3.21. The number of hydrogen-bond acceptors (Lipinski definition) is 2. The maximum Gasteiger partial charge on any atom is 0.123 e. The van der Waals surface area contributed by atoms with Crippen molar-refractivity contribution in [1.82, 2.24) is 9.78 Å². The molecule has 96 valence electrons. The normalized spacial score (nSPS) is 14.5. The van der Waals surface area contributed by atoms with Crippen LogP contribution in [0.1, 0.15) is 36.0 Å². The van der Waals surface area contributed by atoms with E-state index in [-0.39, 0.29) is 17.9 Å². The largest absolute Gasteiger partial charge is 0.322 e. The molecule has 0 saturated heterocycles. The molecular formula is C14H18FN3. The Hall–Kier alpha value is -1.68. The first-order valence-electron chi connectivity index (χ1n) is 6.03. The minimum Gasteiger partial charge on any atom is -0.322 e. The topological polar surface area (TPSA) is 43.8 Å². The monoisotopic (exact) mass is 247 g/mol. The summed E-state index contributed by atoms with van der Waals surface area (Å²) in [7, 11) is 0. The second-order valence-corrected chi connectivity index (χ2v) is 4.69. The van der Waals surface area contributed by atoms with Crippen molar-refractivity contribution in [1.29, 1.82) is 0 Å². The van der Waals surface area contributed by atoms with Gasteiger partial charge < -0.3 is 5.73 Å². The summed E-state index contributed by atoms with van der Waals surface area (Å²) < 4.78 is 14.8. The Morgan fingerprint density at radius 2 is 1.83 bits per heavy atom. The van der Waals surface area contributed by atoms with Crippen molar-refractivity contribution in [3.05, 3.63) is 53.1 Å². The van der Waals surface area contributed by atoms with E-state index in [0.717, 1.165) is 17.0 Å². The standard InChI is InChI=1S/C14H18FN3/c1-9-8-10(2)18(17-9)11(3)14(16)12-4-6-13(15)7-5-12/h4-8,11,14H,16H2,1-3H3. The highest BCUT2D eigenvalue weighted by Gasteiger charge is 2.18. The molecule has 3 nitrogen and oxygen atoms in total. The van der Waals surface area contributed by atoms with Crippen molar-refractivity contribution in [3.63, 3.8) is 0 Å². The predicted octanol–water partition coefficient (Wildman–Crippen LogP) is 2.90. The number of nitrogens with two attached hydrogens (primary N) is 1. The van der Waals surface area contributed by atoms with Crippen molar-refractivity contribution < 1.29 is 4.39 Å². The van der Waals surface area contributed by atoms with Gasteiger partial charge in [-0.05, 0) is 44.5 Å². The minimum atomic E-state index is -0.246. The molecule has 0 aliphatic heterocycles. The average Bonchev–Trinajstić information content (AvgIpc) is 2.67. The lowest BCUT2D eigenvalue weighted by Crippen LogP contribution is -2.24. The van der Waals surface area contributed by atoms with Gasteiger partial charge in [0.2, 0.25) is 0 Å². The molecule has 0 fully saturated rings. The van der Waals surface area contributed by atoms with Gasteiger partial charge in [-0.3, -0.25) is 4.68 Å². The number of halogens is 1. The van der Waals surface area contributed by atoms with Gasteiger partial charge in [0.15, 0.2) is 0 Å². The van der Waals surface area contributed by atoms with Gasteiger partial charge >= 0.3 is 0 Å². The maximum atomic E-state index is 12.9. The van der Waals surface area contributed by atoms with Crippen LogP contribution in [0.5, 0.6) is 0 Å². The van der Waals surface area contributed by atoms with Crippen LogP contribution < -0.4 is 5.73 Å². The molecule has 0 radical (unpaired) electrons. The Bertz CT molecular complexity index is 530. The van der Waals surface area contributed by atoms with Crippen molar-refractivity contribution in [2.45, 2.75) is 32.9 Å². The van der Waals surface area contributed by atoms with Crippen LogP contribution >= 0.6 is 0 Å².